The molecule has 7 heteroatoms. The normalized spacial score (nSPS) is 43.7. The first-order valence-electron chi connectivity index (χ1n) is 13.4. The molecule has 3 fully saturated rings. The Morgan fingerprint density at radius 2 is 1.92 bits per heavy atom. The van der Waals surface area contributed by atoms with Gasteiger partial charge in [-0.1, -0.05) is 39.3 Å². The van der Waals surface area contributed by atoms with Gasteiger partial charge in [0.2, 0.25) is 0 Å². The molecule has 1 aromatic heterocycles. The Hall–Kier alpha value is -2.67. The number of rotatable bonds is 4. The smallest absolute Gasteiger partial charge is 0.316 e. The van der Waals surface area contributed by atoms with Crippen LogP contribution in [0.4, 0.5) is 0 Å². The van der Waals surface area contributed by atoms with Gasteiger partial charge in [-0.15, -0.1) is 0 Å². The molecule has 198 valence electrons. The monoisotopic (exact) mass is 508 g/mol. The second kappa shape index (κ2) is 7.68. The van der Waals surface area contributed by atoms with E-state index in [0.717, 1.165) is 17.8 Å². The van der Waals surface area contributed by atoms with Crippen LogP contribution >= 0.6 is 0 Å². The largest absolute Gasteiger partial charge is 0.469 e. The lowest BCUT2D eigenvalue weighted by Crippen LogP contribution is -2.66. The second-order valence-corrected chi connectivity index (χ2v) is 12.6. The zero-order chi connectivity index (χ0) is 26.7. The van der Waals surface area contributed by atoms with E-state index < -0.39 is 40.3 Å². The molecule has 1 aromatic rings. The summed E-state index contributed by atoms with van der Waals surface area (Å²) in [7, 11) is 1.38. The summed E-state index contributed by atoms with van der Waals surface area (Å²) in [5.74, 6) is -0.272. The number of allylic oxidation sites excluding steroid dienone is 2. The van der Waals surface area contributed by atoms with Crippen LogP contribution in [-0.4, -0.2) is 43.1 Å². The second-order valence-electron chi connectivity index (χ2n) is 12.6. The first-order chi connectivity index (χ1) is 17.4. The fourth-order valence-electron chi connectivity index (χ4n) is 9.00. The molecule has 9 atom stereocenters. The summed E-state index contributed by atoms with van der Waals surface area (Å²) in [5.41, 5.74) is 0.863. The van der Waals surface area contributed by atoms with E-state index in [0.29, 0.717) is 0 Å². The van der Waals surface area contributed by atoms with E-state index >= 15 is 0 Å². The minimum Gasteiger partial charge on any atom is -0.469 e. The maximum atomic E-state index is 13.8. The number of hydrogen-bond donors (Lipinski definition) is 0. The van der Waals surface area contributed by atoms with E-state index in [1.807, 2.05) is 13.8 Å². The number of carbonyl (C=O) groups is 3. The van der Waals surface area contributed by atoms with Gasteiger partial charge in [-0.05, 0) is 43.9 Å². The highest BCUT2D eigenvalue weighted by molar-refractivity contribution is 6.00. The lowest BCUT2D eigenvalue weighted by atomic mass is 9.42. The van der Waals surface area contributed by atoms with Gasteiger partial charge in [0.25, 0.3) is 0 Å². The molecule has 0 spiro atoms. The van der Waals surface area contributed by atoms with Crippen molar-refractivity contribution in [1.82, 2.24) is 0 Å². The van der Waals surface area contributed by atoms with Crippen LogP contribution < -0.4 is 0 Å². The zero-order valence-corrected chi connectivity index (χ0v) is 22.6. The third-order valence-electron chi connectivity index (χ3n) is 10.6. The Labute approximate surface area is 217 Å². The number of carbonyl (C=O) groups excluding carboxylic acids is 3. The summed E-state index contributed by atoms with van der Waals surface area (Å²) < 4.78 is 23.9. The summed E-state index contributed by atoms with van der Waals surface area (Å²) in [5, 5.41) is 0. The molecule has 6 rings (SSSR count). The van der Waals surface area contributed by atoms with Gasteiger partial charge in [0, 0.05) is 34.1 Å². The van der Waals surface area contributed by atoms with E-state index in [-0.39, 0.29) is 42.1 Å². The zero-order valence-electron chi connectivity index (χ0n) is 22.6. The lowest BCUT2D eigenvalue weighted by Gasteiger charge is -2.59. The maximum Gasteiger partial charge on any atom is 0.316 e. The highest BCUT2D eigenvalue weighted by atomic mass is 16.6. The van der Waals surface area contributed by atoms with Gasteiger partial charge in [-0.2, -0.15) is 0 Å². The summed E-state index contributed by atoms with van der Waals surface area (Å²) >= 11 is 0. The molecule has 37 heavy (non-hydrogen) atoms. The van der Waals surface area contributed by atoms with Crippen LogP contribution in [-0.2, 0) is 28.6 Å². The van der Waals surface area contributed by atoms with E-state index in [2.05, 4.69) is 33.8 Å². The highest BCUT2D eigenvalue weighted by Crippen LogP contribution is 2.72. The molecule has 0 aromatic carbocycles. The van der Waals surface area contributed by atoms with Crippen molar-refractivity contribution in [3.05, 3.63) is 47.0 Å². The Bertz CT molecular complexity index is 1270. The van der Waals surface area contributed by atoms with Crippen LogP contribution in [0.2, 0.25) is 0 Å². The fraction of sp³-hybridized carbons (Fsp3) is 0.633. The predicted octanol–water partition coefficient (Wildman–Crippen LogP) is 4.87. The number of furan rings is 1. The Kier molecular flexibility index (Phi) is 5.12. The van der Waals surface area contributed by atoms with E-state index in [4.69, 9.17) is 18.6 Å². The van der Waals surface area contributed by atoms with E-state index in [1.165, 1.54) is 24.3 Å². The van der Waals surface area contributed by atoms with E-state index in [9.17, 15) is 14.4 Å². The average molecular weight is 509 g/mol. The minimum atomic E-state index is -0.998. The van der Waals surface area contributed by atoms with Gasteiger partial charge in [0.15, 0.2) is 5.78 Å². The highest BCUT2D eigenvalue weighted by Gasteiger charge is 2.77. The number of ether oxygens (including phenoxy) is 3. The number of methoxy groups -OCH3 is 1. The van der Waals surface area contributed by atoms with Crippen molar-refractivity contribution in [3.63, 3.8) is 0 Å². The topological polar surface area (TPSA) is 92.0 Å². The van der Waals surface area contributed by atoms with Crippen LogP contribution in [0.5, 0.6) is 0 Å². The van der Waals surface area contributed by atoms with Crippen molar-refractivity contribution >= 4 is 17.7 Å². The van der Waals surface area contributed by atoms with E-state index in [1.54, 1.807) is 12.3 Å². The summed E-state index contributed by atoms with van der Waals surface area (Å²) in [6.07, 6.45) is 4.59. The fourth-order valence-corrected chi connectivity index (χ4v) is 9.00. The van der Waals surface area contributed by atoms with Gasteiger partial charge in [-0.25, -0.2) is 0 Å². The quantitative estimate of drug-likeness (QED) is 0.423. The maximum absolute atomic E-state index is 13.8. The molecule has 0 radical (unpaired) electrons. The molecule has 1 saturated carbocycles. The van der Waals surface area contributed by atoms with Gasteiger partial charge < -0.3 is 18.6 Å². The first-order valence-corrected chi connectivity index (χ1v) is 13.4. The molecule has 2 unspecified atom stereocenters. The minimum absolute atomic E-state index is 0.0630. The van der Waals surface area contributed by atoms with Crippen molar-refractivity contribution in [2.24, 2.45) is 28.1 Å². The van der Waals surface area contributed by atoms with Gasteiger partial charge in [0.1, 0.15) is 18.0 Å². The Balaban J connectivity index is 1.55. The van der Waals surface area contributed by atoms with Crippen LogP contribution in [0.15, 0.2) is 40.0 Å². The molecule has 2 saturated heterocycles. The van der Waals surface area contributed by atoms with Crippen molar-refractivity contribution in [3.8, 4) is 0 Å². The molecule has 3 heterocycles. The molecule has 3 aliphatic carbocycles. The number of esters is 2. The van der Waals surface area contributed by atoms with Gasteiger partial charge in [-0.3, -0.25) is 14.4 Å². The summed E-state index contributed by atoms with van der Waals surface area (Å²) in [6.45, 7) is 12.3. The van der Waals surface area contributed by atoms with Gasteiger partial charge in [0.05, 0.1) is 31.3 Å². The first kappa shape index (κ1) is 24.7. The SMILES string of the molecule is COC(=O)C[C@H]1[C@]2(C)C3=C(C)C(c4ccoc4C(C)C)CC3O[C@@H]2[C@@H]2OC(=O)[C@]3(C)C=CC(=O)[C@@]1(C)[C@@H]23. The third kappa shape index (κ3) is 2.84. The number of fused-ring (bicyclic) bond motifs is 4. The molecule has 0 amide bonds. The Morgan fingerprint density at radius 1 is 1.19 bits per heavy atom. The van der Waals surface area contributed by atoms with Crippen molar-refractivity contribution in [1.29, 1.82) is 0 Å². The van der Waals surface area contributed by atoms with Crippen LogP contribution in [0.25, 0.3) is 0 Å². The molecule has 0 N–H and O–H groups in total. The van der Waals surface area contributed by atoms with Crippen LogP contribution in [0.3, 0.4) is 0 Å². The molecular formula is C30H36O7. The molecule has 2 aliphatic heterocycles. The molecule has 5 aliphatic rings. The molecular weight excluding hydrogens is 472 g/mol. The van der Waals surface area contributed by atoms with Crippen molar-refractivity contribution in [2.45, 2.75) is 84.5 Å². The standard InChI is InChI=1S/C30H36O7/c1-14(2)23-16(9-11-35-23)17-12-18-22(15(17)3)30(6)19(13-21(32)34-7)29(5)20(31)8-10-28(4)25(29)24(26(30)36-18)37-27(28)33/h8-11,14,17-19,24-26H,12-13H2,1-7H3/t17?,18?,19-,24-,25+,26-,28-,29+,30-/m1/s1. The number of ketones is 1. The molecule has 7 nitrogen and oxygen atoms in total. The summed E-state index contributed by atoms with van der Waals surface area (Å²) in [6, 6.07) is 2.05. The lowest BCUT2D eigenvalue weighted by molar-refractivity contribution is -0.190. The van der Waals surface area contributed by atoms with Crippen LogP contribution in [0.1, 0.15) is 77.5 Å². The Morgan fingerprint density at radius 3 is 2.59 bits per heavy atom. The van der Waals surface area contributed by atoms with Gasteiger partial charge >= 0.3 is 11.9 Å². The van der Waals surface area contributed by atoms with Crippen LogP contribution in [0, 0.1) is 28.1 Å². The van der Waals surface area contributed by atoms with Crippen molar-refractivity contribution in [2.75, 3.05) is 7.11 Å². The average Bonchev–Trinajstić information content (AvgIpc) is 3.58. The van der Waals surface area contributed by atoms with Crippen molar-refractivity contribution < 1.29 is 33.0 Å². The number of hydrogen-bond acceptors (Lipinski definition) is 7. The third-order valence-corrected chi connectivity index (χ3v) is 10.6. The molecule has 0 bridgehead atoms. The summed E-state index contributed by atoms with van der Waals surface area (Å²) in [4.78, 5) is 39.9. The predicted molar refractivity (Wildman–Crippen MR) is 133 cm³/mol.